The molecule has 0 aromatic heterocycles. The van der Waals surface area contributed by atoms with Crippen LogP contribution in [0.1, 0.15) is 31.9 Å². The number of alkyl halides is 3. The summed E-state index contributed by atoms with van der Waals surface area (Å²) in [4.78, 5) is 27.4. The van der Waals surface area contributed by atoms with E-state index in [2.05, 4.69) is 5.32 Å². The smallest absolute Gasteiger partial charge is 0.354 e. The van der Waals surface area contributed by atoms with Crippen LogP contribution >= 0.6 is 23.2 Å². The average Bonchev–Trinajstić information content (AvgIpc) is 2.79. The van der Waals surface area contributed by atoms with Gasteiger partial charge in [0.1, 0.15) is 12.6 Å². The summed E-state index contributed by atoms with van der Waals surface area (Å²) in [5.74, 6) is -1.15. The fourth-order valence-corrected chi connectivity index (χ4v) is 4.55. The van der Waals surface area contributed by atoms with E-state index in [1.54, 1.807) is 24.3 Å². The third-order valence-electron chi connectivity index (χ3n) is 5.34. The minimum absolute atomic E-state index is 0.0831. The molecule has 2 aromatic rings. The third kappa shape index (κ3) is 8.79. The Balaban J connectivity index is 2.47. The van der Waals surface area contributed by atoms with Crippen molar-refractivity contribution in [3.05, 3.63) is 63.6 Å². The van der Waals surface area contributed by atoms with Crippen molar-refractivity contribution in [2.24, 2.45) is 5.92 Å². The molecule has 0 saturated carbocycles. The van der Waals surface area contributed by atoms with Gasteiger partial charge in [0.2, 0.25) is 21.8 Å². The van der Waals surface area contributed by atoms with Gasteiger partial charge in [0, 0.05) is 18.1 Å². The Morgan fingerprint density at radius 1 is 1.03 bits per heavy atom. The van der Waals surface area contributed by atoms with Crippen LogP contribution in [0.4, 0.5) is 18.9 Å². The van der Waals surface area contributed by atoms with Gasteiger partial charge in [-0.3, -0.25) is 13.9 Å². The number of hydrogen-bond donors (Lipinski definition) is 1. The standard InChI is InChI=1S/C24H28Cl2F3N3O4S/c1-15(2)12-30-23(34)16(3)31(13-17-5-8-19(25)9-6-17)22(33)14-32(37(4,35)36)21-11-18(24(27,28)29)7-10-20(21)26/h5-11,15-16H,12-14H2,1-4H3,(H,30,34). The van der Waals surface area contributed by atoms with Gasteiger partial charge in [0.25, 0.3) is 0 Å². The highest BCUT2D eigenvalue weighted by atomic mass is 35.5. The van der Waals surface area contributed by atoms with E-state index in [1.807, 2.05) is 13.8 Å². The quantitative estimate of drug-likeness (QED) is 0.429. The molecular formula is C24H28Cl2F3N3O4S. The Kier molecular flexibility index (Phi) is 10.3. The molecule has 2 rings (SSSR count). The molecule has 1 atom stereocenters. The van der Waals surface area contributed by atoms with Crippen LogP contribution in [-0.4, -0.2) is 50.5 Å². The number of nitrogens with one attached hydrogen (secondary N) is 1. The van der Waals surface area contributed by atoms with Crippen LogP contribution in [0.15, 0.2) is 42.5 Å². The molecule has 0 fully saturated rings. The van der Waals surface area contributed by atoms with Crippen LogP contribution in [0.2, 0.25) is 10.0 Å². The van der Waals surface area contributed by atoms with Crippen LogP contribution in [-0.2, 0) is 32.3 Å². The van der Waals surface area contributed by atoms with E-state index in [0.717, 1.165) is 17.2 Å². The van der Waals surface area contributed by atoms with E-state index in [0.29, 0.717) is 33.6 Å². The highest BCUT2D eigenvalue weighted by molar-refractivity contribution is 7.92. The fraction of sp³-hybridized carbons (Fsp3) is 0.417. The minimum atomic E-state index is -4.77. The number of halogens is 5. The zero-order valence-corrected chi connectivity index (χ0v) is 23.0. The van der Waals surface area contributed by atoms with E-state index in [4.69, 9.17) is 23.2 Å². The third-order valence-corrected chi connectivity index (χ3v) is 7.04. The van der Waals surface area contributed by atoms with E-state index < -0.39 is 51.9 Å². The summed E-state index contributed by atoms with van der Waals surface area (Å²) in [6, 6.07) is 7.62. The second kappa shape index (κ2) is 12.4. The number of hydrogen-bond acceptors (Lipinski definition) is 4. The number of nitrogens with zero attached hydrogens (tertiary/aromatic N) is 2. The van der Waals surface area contributed by atoms with Crippen molar-refractivity contribution < 1.29 is 31.2 Å². The Labute approximate surface area is 224 Å². The molecule has 0 aliphatic heterocycles. The fourth-order valence-electron chi connectivity index (χ4n) is 3.30. The topological polar surface area (TPSA) is 86.8 Å². The molecule has 0 radical (unpaired) electrons. The molecule has 1 unspecified atom stereocenters. The summed E-state index contributed by atoms with van der Waals surface area (Å²) in [6.07, 6.45) is -4.02. The van der Waals surface area contributed by atoms with Gasteiger partial charge in [0.15, 0.2) is 0 Å². The number of anilines is 1. The first-order valence-corrected chi connectivity index (χ1v) is 13.8. The first-order chi connectivity index (χ1) is 17.0. The van der Waals surface area contributed by atoms with Crippen LogP contribution in [0.5, 0.6) is 0 Å². The molecule has 0 aliphatic carbocycles. The molecule has 204 valence electrons. The number of rotatable bonds is 10. The highest BCUT2D eigenvalue weighted by Crippen LogP contribution is 2.36. The molecule has 7 nitrogen and oxygen atoms in total. The summed E-state index contributed by atoms with van der Waals surface area (Å²) < 4.78 is 65.6. The normalized spacial score (nSPS) is 12.8. The predicted octanol–water partition coefficient (Wildman–Crippen LogP) is 4.97. The molecule has 0 bridgehead atoms. The number of carbonyl (C=O) groups excluding carboxylic acids is 2. The zero-order valence-electron chi connectivity index (χ0n) is 20.6. The van der Waals surface area contributed by atoms with Crippen molar-refractivity contribution in [1.82, 2.24) is 10.2 Å². The summed E-state index contributed by atoms with van der Waals surface area (Å²) in [6.45, 7) is 4.65. The average molecular weight is 582 g/mol. The van der Waals surface area contributed by atoms with Gasteiger partial charge in [-0.1, -0.05) is 49.2 Å². The highest BCUT2D eigenvalue weighted by Gasteiger charge is 2.34. The van der Waals surface area contributed by atoms with Gasteiger partial charge in [0.05, 0.1) is 22.5 Å². The second-order valence-corrected chi connectivity index (χ2v) is 11.6. The second-order valence-electron chi connectivity index (χ2n) is 8.90. The summed E-state index contributed by atoms with van der Waals surface area (Å²) in [5.41, 5.74) is -1.03. The van der Waals surface area contributed by atoms with E-state index >= 15 is 0 Å². The van der Waals surface area contributed by atoms with Crippen LogP contribution < -0.4 is 9.62 Å². The van der Waals surface area contributed by atoms with Crippen molar-refractivity contribution in [1.29, 1.82) is 0 Å². The molecule has 37 heavy (non-hydrogen) atoms. The van der Waals surface area contributed by atoms with Gasteiger partial charge in [-0.2, -0.15) is 13.2 Å². The monoisotopic (exact) mass is 581 g/mol. The SMILES string of the molecule is CC(C)CNC(=O)C(C)N(Cc1ccc(Cl)cc1)C(=O)CN(c1cc(C(F)(F)F)ccc1Cl)S(C)(=O)=O. The zero-order chi connectivity index (χ0) is 28.1. The Morgan fingerprint density at radius 3 is 2.14 bits per heavy atom. The number of carbonyl (C=O) groups is 2. The summed E-state index contributed by atoms with van der Waals surface area (Å²) >= 11 is 12.0. The molecule has 0 aliphatic rings. The molecule has 0 heterocycles. The number of benzene rings is 2. The first-order valence-electron chi connectivity index (χ1n) is 11.2. The largest absolute Gasteiger partial charge is 0.416 e. The number of amides is 2. The van der Waals surface area contributed by atoms with E-state index in [9.17, 15) is 31.2 Å². The predicted molar refractivity (Wildman–Crippen MR) is 138 cm³/mol. The first kappa shape index (κ1) is 30.7. The maximum atomic E-state index is 13.5. The lowest BCUT2D eigenvalue weighted by Crippen LogP contribution is -2.51. The Bertz CT molecular complexity index is 1220. The summed E-state index contributed by atoms with van der Waals surface area (Å²) in [5, 5.41) is 2.89. The Morgan fingerprint density at radius 2 is 1.62 bits per heavy atom. The minimum Gasteiger partial charge on any atom is -0.354 e. The van der Waals surface area contributed by atoms with Crippen LogP contribution in [0.3, 0.4) is 0 Å². The Hall–Kier alpha value is -2.50. The van der Waals surface area contributed by atoms with Crippen LogP contribution in [0.25, 0.3) is 0 Å². The van der Waals surface area contributed by atoms with Crippen molar-refractivity contribution in [2.45, 2.75) is 39.5 Å². The van der Waals surface area contributed by atoms with Crippen molar-refractivity contribution >= 4 is 50.7 Å². The lowest BCUT2D eigenvalue weighted by Gasteiger charge is -2.32. The molecule has 2 amide bonds. The lowest BCUT2D eigenvalue weighted by molar-refractivity contribution is -0.139. The van der Waals surface area contributed by atoms with Gasteiger partial charge in [-0.25, -0.2) is 8.42 Å². The molecular weight excluding hydrogens is 554 g/mol. The lowest BCUT2D eigenvalue weighted by atomic mass is 10.1. The molecule has 13 heteroatoms. The van der Waals surface area contributed by atoms with Gasteiger partial charge < -0.3 is 10.2 Å². The van der Waals surface area contributed by atoms with Crippen LogP contribution in [0, 0.1) is 5.92 Å². The van der Waals surface area contributed by atoms with E-state index in [-0.39, 0.29) is 17.5 Å². The van der Waals surface area contributed by atoms with E-state index in [1.165, 1.54) is 6.92 Å². The summed E-state index contributed by atoms with van der Waals surface area (Å²) in [7, 11) is -4.26. The molecule has 1 N–H and O–H groups in total. The molecule has 0 spiro atoms. The molecule has 0 saturated heterocycles. The van der Waals surface area contributed by atoms with Gasteiger partial charge in [-0.15, -0.1) is 0 Å². The number of sulfonamides is 1. The van der Waals surface area contributed by atoms with Crippen molar-refractivity contribution in [2.75, 3.05) is 23.7 Å². The van der Waals surface area contributed by atoms with Crippen molar-refractivity contribution in [3.8, 4) is 0 Å². The van der Waals surface area contributed by atoms with Gasteiger partial charge >= 0.3 is 6.18 Å². The van der Waals surface area contributed by atoms with Gasteiger partial charge in [-0.05, 0) is 48.7 Å². The van der Waals surface area contributed by atoms with Crippen molar-refractivity contribution in [3.63, 3.8) is 0 Å². The maximum Gasteiger partial charge on any atom is 0.416 e. The maximum absolute atomic E-state index is 13.5. The molecule has 2 aromatic carbocycles.